The molecule has 3 aliphatic rings. The molecule has 0 aliphatic carbocycles. The summed E-state index contributed by atoms with van der Waals surface area (Å²) < 4.78 is 24.5. The first-order valence-corrected chi connectivity index (χ1v) is 9.68. The van der Waals surface area contributed by atoms with Gasteiger partial charge in [-0.3, -0.25) is 9.59 Å². The largest absolute Gasteiger partial charge is 0.347 e. The number of piperidine rings is 2. The maximum atomic E-state index is 13.0. The number of carbonyl (C=O) groups is 2. The molecule has 1 aromatic rings. The van der Waals surface area contributed by atoms with Crippen LogP contribution in [0.4, 0.5) is 4.39 Å². The third kappa shape index (κ3) is 3.84. The quantitative estimate of drug-likeness (QED) is 0.793. The smallest absolute Gasteiger partial charge is 0.253 e. The summed E-state index contributed by atoms with van der Waals surface area (Å²) in [7, 11) is 0. The van der Waals surface area contributed by atoms with Gasteiger partial charge in [-0.15, -0.1) is 0 Å². The van der Waals surface area contributed by atoms with Crippen molar-refractivity contribution < 1.29 is 23.5 Å². The molecule has 6 nitrogen and oxygen atoms in total. The third-order valence-electron chi connectivity index (χ3n) is 5.87. The van der Waals surface area contributed by atoms with Crippen LogP contribution in [-0.4, -0.2) is 66.8 Å². The topological polar surface area (TPSA) is 59.1 Å². The van der Waals surface area contributed by atoms with Crippen LogP contribution in [0.15, 0.2) is 24.3 Å². The summed E-state index contributed by atoms with van der Waals surface area (Å²) in [6.45, 7) is 3.69. The molecule has 27 heavy (non-hydrogen) atoms. The van der Waals surface area contributed by atoms with E-state index in [1.54, 1.807) is 4.90 Å². The lowest BCUT2D eigenvalue weighted by atomic mass is 9.93. The van der Waals surface area contributed by atoms with E-state index in [4.69, 9.17) is 9.47 Å². The second-order valence-electron chi connectivity index (χ2n) is 7.51. The SMILES string of the molecule is O=C(c1ccc(F)cc1)N1CCC(C(=O)N2CCC3(CC2)OCCO3)CC1. The summed E-state index contributed by atoms with van der Waals surface area (Å²) >= 11 is 0. The number of hydrogen-bond donors (Lipinski definition) is 0. The highest BCUT2D eigenvalue weighted by molar-refractivity contribution is 5.94. The lowest BCUT2D eigenvalue weighted by molar-refractivity contribution is -0.188. The average Bonchev–Trinajstić information content (AvgIpc) is 3.16. The van der Waals surface area contributed by atoms with Crippen LogP contribution in [0, 0.1) is 11.7 Å². The van der Waals surface area contributed by atoms with Crippen molar-refractivity contribution in [1.82, 2.24) is 9.80 Å². The average molecular weight is 376 g/mol. The van der Waals surface area contributed by atoms with Crippen molar-refractivity contribution in [3.8, 4) is 0 Å². The standard InChI is InChI=1S/C20H25FN2O4/c21-17-3-1-15(2-4-17)18(24)22-9-5-16(6-10-22)19(25)23-11-7-20(8-12-23)26-13-14-27-20/h1-4,16H,5-14H2. The van der Waals surface area contributed by atoms with E-state index in [9.17, 15) is 14.0 Å². The molecular weight excluding hydrogens is 351 g/mol. The molecule has 0 atom stereocenters. The Morgan fingerprint density at radius 3 is 2.11 bits per heavy atom. The number of rotatable bonds is 2. The Hall–Kier alpha value is -1.99. The number of carbonyl (C=O) groups excluding carboxylic acids is 2. The minimum atomic E-state index is -0.471. The van der Waals surface area contributed by atoms with Gasteiger partial charge in [-0.05, 0) is 37.1 Å². The Labute approximate surface area is 158 Å². The molecule has 3 fully saturated rings. The van der Waals surface area contributed by atoms with Gasteiger partial charge >= 0.3 is 0 Å². The van der Waals surface area contributed by atoms with Gasteiger partial charge in [-0.1, -0.05) is 0 Å². The first-order valence-electron chi connectivity index (χ1n) is 9.68. The Balaban J connectivity index is 1.28. The van der Waals surface area contributed by atoms with Crippen LogP contribution >= 0.6 is 0 Å². The highest BCUT2D eigenvalue weighted by Gasteiger charge is 2.42. The first-order chi connectivity index (χ1) is 13.1. The van der Waals surface area contributed by atoms with Gasteiger partial charge in [0.15, 0.2) is 5.79 Å². The van der Waals surface area contributed by atoms with E-state index in [0.717, 1.165) is 12.8 Å². The van der Waals surface area contributed by atoms with Crippen LogP contribution in [0.5, 0.6) is 0 Å². The Morgan fingerprint density at radius 1 is 0.926 bits per heavy atom. The Kier molecular flexibility index (Phi) is 5.14. The van der Waals surface area contributed by atoms with Crippen LogP contribution < -0.4 is 0 Å². The second kappa shape index (κ2) is 7.56. The summed E-state index contributed by atoms with van der Waals surface area (Å²) in [4.78, 5) is 29.0. The third-order valence-corrected chi connectivity index (χ3v) is 5.87. The van der Waals surface area contributed by atoms with Crippen molar-refractivity contribution in [2.24, 2.45) is 5.92 Å². The molecule has 1 aromatic carbocycles. The molecule has 4 rings (SSSR count). The van der Waals surface area contributed by atoms with Gasteiger partial charge in [0.05, 0.1) is 13.2 Å². The number of halogens is 1. The van der Waals surface area contributed by atoms with E-state index in [1.165, 1.54) is 24.3 Å². The van der Waals surface area contributed by atoms with Crippen LogP contribution in [0.1, 0.15) is 36.0 Å². The molecule has 3 heterocycles. The molecular formula is C20H25FN2O4. The molecule has 3 aliphatic heterocycles. The summed E-state index contributed by atoms with van der Waals surface area (Å²) in [5, 5.41) is 0. The zero-order valence-electron chi connectivity index (χ0n) is 15.4. The number of amides is 2. The van der Waals surface area contributed by atoms with Crippen molar-refractivity contribution in [2.75, 3.05) is 39.4 Å². The lowest BCUT2D eigenvalue weighted by Gasteiger charge is -2.40. The highest BCUT2D eigenvalue weighted by atomic mass is 19.1. The highest BCUT2D eigenvalue weighted by Crippen LogP contribution is 2.32. The van der Waals surface area contributed by atoms with Gasteiger partial charge in [0.25, 0.3) is 5.91 Å². The van der Waals surface area contributed by atoms with Crippen molar-refractivity contribution in [2.45, 2.75) is 31.5 Å². The van der Waals surface area contributed by atoms with E-state index in [1.807, 2.05) is 4.90 Å². The minimum absolute atomic E-state index is 0.0401. The Bertz CT molecular complexity index is 684. The van der Waals surface area contributed by atoms with Gasteiger partial charge in [-0.2, -0.15) is 0 Å². The van der Waals surface area contributed by atoms with E-state index in [-0.39, 0.29) is 23.5 Å². The van der Waals surface area contributed by atoms with E-state index < -0.39 is 5.79 Å². The molecule has 7 heteroatoms. The number of likely N-dealkylation sites (tertiary alicyclic amines) is 2. The van der Waals surface area contributed by atoms with Crippen molar-refractivity contribution in [1.29, 1.82) is 0 Å². The van der Waals surface area contributed by atoms with E-state index in [0.29, 0.717) is 57.8 Å². The van der Waals surface area contributed by atoms with Crippen LogP contribution in [0.2, 0.25) is 0 Å². The fourth-order valence-electron chi connectivity index (χ4n) is 4.22. The maximum Gasteiger partial charge on any atom is 0.253 e. The van der Waals surface area contributed by atoms with Gasteiger partial charge in [0.2, 0.25) is 5.91 Å². The molecule has 0 aromatic heterocycles. The molecule has 146 valence electrons. The molecule has 0 saturated carbocycles. The summed E-state index contributed by atoms with van der Waals surface area (Å²) in [5.74, 6) is -0.788. The predicted octanol–water partition coefficient (Wildman–Crippen LogP) is 2.04. The molecule has 2 amide bonds. The summed E-state index contributed by atoms with van der Waals surface area (Å²) in [6, 6.07) is 5.60. The van der Waals surface area contributed by atoms with Crippen molar-refractivity contribution in [3.05, 3.63) is 35.6 Å². The maximum absolute atomic E-state index is 13.0. The van der Waals surface area contributed by atoms with E-state index in [2.05, 4.69) is 0 Å². The van der Waals surface area contributed by atoms with Gasteiger partial charge in [0, 0.05) is 50.5 Å². The number of hydrogen-bond acceptors (Lipinski definition) is 4. The number of ether oxygens (including phenoxy) is 2. The second-order valence-corrected chi connectivity index (χ2v) is 7.51. The minimum Gasteiger partial charge on any atom is -0.347 e. The molecule has 0 radical (unpaired) electrons. The van der Waals surface area contributed by atoms with Crippen LogP contribution in [-0.2, 0) is 14.3 Å². The molecule has 1 spiro atoms. The fourth-order valence-corrected chi connectivity index (χ4v) is 4.22. The van der Waals surface area contributed by atoms with Crippen molar-refractivity contribution >= 4 is 11.8 Å². The fraction of sp³-hybridized carbons (Fsp3) is 0.600. The predicted molar refractivity (Wildman–Crippen MR) is 95.5 cm³/mol. The number of benzene rings is 1. The molecule has 0 bridgehead atoms. The van der Waals surface area contributed by atoms with Gasteiger partial charge in [0.1, 0.15) is 5.82 Å². The van der Waals surface area contributed by atoms with Crippen LogP contribution in [0.25, 0.3) is 0 Å². The normalized spacial score (nSPS) is 23.0. The van der Waals surface area contributed by atoms with Crippen LogP contribution in [0.3, 0.4) is 0 Å². The zero-order chi connectivity index (χ0) is 18.9. The zero-order valence-corrected chi connectivity index (χ0v) is 15.4. The molecule has 0 N–H and O–H groups in total. The molecule has 0 unspecified atom stereocenters. The van der Waals surface area contributed by atoms with Gasteiger partial charge in [-0.25, -0.2) is 4.39 Å². The number of nitrogens with zero attached hydrogens (tertiary/aromatic N) is 2. The monoisotopic (exact) mass is 376 g/mol. The Morgan fingerprint density at radius 2 is 1.52 bits per heavy atom. The molecule has 3 saturated heterocycles. The van der Waals surface area contributed by atoms with Gasteiger partial charge < -0.3 is 19.3 Å². The lowest BCUT2D eigenvalue weighted by Crippen LogP contribution is -2.50. The first kappa shape index (κ1) is 18.4. The van der Waals surface area contributed by atoms with Crippen molar-refractivity contribution in [3.63, 3.8) is 0 Å². The summed E-state index contributed by atoms with van der Waals surface area (Å²) in [5.41, 5.74) is 0.485. The van der Waals surface area contributed by atoms with E-state index >= 15 is 0 Å². The summed E-state index contributed by atoms with van der Waals surface area (Å²) in [6.07, 6.45) is 2.78.